The predicted octanol–water partition coefficient (Wildman–Crippen LogP) is 3.02. The van der Waals surface area contributed by atoms with Crippen LogP contribution in [0.4, 0.5) is 0 Å². The lowest BCUT2D eigenvalue weighted by Crippen LogP contribution is -2.15. The van der Waals surface area contributed by atoms with Crippen molar-refractivity contribution in [3.63, 3.8) is 0 Å². The summed E-state index contributed by atoms with van der Waals surface area (Å²) in [7, 11) is 0.737. The smallest absolute Gasteiger partial charge is 0.204 e. The molecular formula is C12H19BrOSi. The van der Waals surface area contributed by atoms with Crippen LogP contribution in [0.25, 0.3) is 0 Å². The minimum atomic E-state index is 0.164. The average molecular weight is 287 g/mol. The second-order valence-electron chi connectivity index (χ2n) is 4.94. The second kappa shape index (κ2) is 4.30. The minimum Gasteiger partial charge on any atom is -0.553 e. The van der Waals surface area contributed by atoms with E-state index >= 15 is 0 Å². The van der Waals surface area contributed by atoms with Crippen LogP contribution in [0.3, 0.4) is 0 Å². The van der Waals surface area contributed by atoms with Gasteiger partial charge in [-0.25, -0.2) is 0 Å². The van der Waals surface area contributed by atoms with Crippen molar-refractivity contribution in [3.05, 3.63) is 27.2 Å². The molecule has 0 radical (unpaired) electrons. The first-order valence-corrected chi connectivity index (χ1v) is 6.74. The van der Waals surface area contributed by atoms with E-state index in [2.05, 4.69) is 56.6 Å². The maximum atomic E-state index is 5.48. The number of halogens is 1. The van der Waals surface area contributed by atoms with Crippen molar-refractivity contribution in [1.82, 2.24) is 0 Å². The monoisotopic (exact) mass is 286 g/mol. The number of benzene rings is 1. The molecule has 0 amide bonds. The van der Waals surface area contributed by atoms with E-state index in [-0.39, 0.29) is 5.41 Å². The van der Waals surface area contributed by atoms with Crippen LogP contribution < -0.4 is 4.43 Å². The van der Waals surface area contributed by atoms with Crippen molar-refractivity contribution in [1.29, 1.82) is 0 Å². The van der Waals surface area contributed by atoms with Gasteiger partial charge in [-0.2, -0.15) is 0 Å². The Balaban J connectivity index is 3.50. The predicted molar refractivity (Wildman–Crippen MR) is 72.9 cm³/mol. The number of hydrogen-bond donors (Lipinski definition) is 0. The average Bonchev–Trinajstić information content (AvgIpc) is 2.09. The highest BCUT2D eigenvalue weighted by Gasteiger charge is 2.22. The summed E-state index contributed by atoms with van der Waals surface area (Å²) in [4.78, 5) is 0. The first kappa shape index (κ1) is 12.8. The lowest BCUT2D eigenvalue weighted by atomic mass is 9.82. The van der Waals surface area contributed by atoms with Crippen molar-refractivity contribution in [2.45, 2.75) is 40.0 Å². The van der Waals surface area contributed by atoms with Gasteiger partial charge in [-0.1, -0.05) is 36.7 Å². The molecule has 1 nitrogen and oxygen atoms in total. The van der Waals surface area contributed by atoms with Gasteiger partial charge in [0.15, 0.2) is 0 Å². The molecule has 0 heterocycles. The molecule has 0 aliphatic carbocycles. The van der Waals surface area contributed by atoms with Crippen molar-refractivity contribution in [2.24, 2.45) is 0 Å². The van der Waals surface area contributed by atoms with E-state index < -0.39 is 0 Å². The maximum Gasteiger partial charge on any atom is 0.204 e. The fourth-order valence-corrected chi connectivity index (χ4v) is 3.50. The Hall–Kier alpha value is -0.283. The normalized spacial score (nSPS) is 11.9. The van der Waals surface area contributed by atoms with E-state index in [1.54, 1.807) is 0 Å². The molecule has 1 rings (SSSR count). The quantitative estimate of drug-likeness (QED) is 0.721. The van der Waals surface area contributed by atoms with Gasteiger partial charge in [0, 0.05) is 4.47 Å². The molecule has 0 saturated carbocycles. The summed E-state index contributed by atoms with van der Waals surface area (Å²) in [5.74, 6) is 1.01. The summed E-state index contributed by atoms with van der Waals surface area (Å²) in [5, 5.41) is 0. The first-order chi connectivity index (χ1) is 6.79. The zero-order valence-corrected chi connectivity index (χ0v) is 13.9. The zero-order valence-electron chi connectivity index (χ0n) is 10.4. The van der Waals surface area contributed by atoms with E-state index in [9.17, 15) is 0 Å². The molecule has 1 aromatic rings. The highest BCUT2D eigenvalue weighted by Crippen LogP contribution is 2.38. The van der Waals surface area contributed by atoms with Crippen LogP contribution in [0.1, 0.15) is 37.5 Å². The molecule has 0 fully saturated rings. The molecular weight excluding hydrogens is 268 g/mol. The van der Waals surface area contributed by atoms with Crippen LogP contribution >= 0.6 is 15.9 Å². The second-order valence-corrected chi connectivity index (χ2v) is 6.20. The van der Waals surface area contributed by atoms with Gasteiger partial charge in [-0.3, -0.25) is 0 Å². The largest absolute Gasteiger partial charge is 0.553 e. The highest BCUT2D eigenvalue weighted by atomic mass is 79.9. The lowest BCUT2D eigenvalue weighted by Gasteiger charge is -2.25. The Labute approximate surface area is 104 Å². The van der Waals surface area contributed by atoms with Crippen LogP contribution in [0, 0.1) is 13.8 Å². The van der Waals surface area contributed by atoms with E-state index in [4.69, 9.17) is 4.43 Å². The summed E-state index contributed by atoms with van der Waals surface area (Å²) >= 11 is 3.64. The Morgan fingerprint density at radius 1 is 1.20 bits per heavy atom. The fourth-order valence-electron chi connectivity index (χ4n) is 1.98. The molecule has 3 heteroatoms. The van der Waals surface area contributed by atoms with Gasteiger partial charge >= 0.3 is 0 Å². The lowest BCUT2D eigenvalue weighted by molar-refractivity contribution is 0.572. The Kier molecular flexibility index (Phi) is 3.66. The van der Waals surface area contributed by atoms with Gasteiger partial charge in [0.25, 0.3) is 0 Å². The van der Waals surface area contributed by atoms with E-state index in [0.717, 1.165) is 20.7 Å². The Bertz CT molecular complexity index is 380. The number of rotatable bonds is 1. The third kappa shape index (κ3) is 2.45. The first-order valence-electron chi connectivity index (χ1n) is 5.13. The molecule has 84 valence electrons. The van der Waals surface area contributed by atoms with Crippen molar-refractivity contribution < 1.29 is 4.43 Å². The molecule has 0 aromatic heterocycles. The van der Waals surface area contributed by atoms with Crippen molar-refractivity contribution >= 4 is 26.4 Å². The van der Waals surface area contributed by atoms with Crippen LogP contribution in [-0.2, 0) is 5.41 Å². The topological polar surface area (TPSA) is 9.23 Å². The van der Waals surface area contributed by atoms with Gasteiger partial charge in [0.05, 0.1) is 0 Å². The van der Waals surface area contributed by atoms with Crippen molar-refractivity contribution in [2.75, 3.05) is 0 Å². The molecule has 0 atom stereocenters. The molecule has 0 spiro atoms. The molecule has 1 aromatic carbocycles. The molecule has 15 heavy (non-hydrogen) atoms. The standard InChI is InChI=1S/C12H19BrOSi/c1-7-8(2)11(12(3,4)5)9(13)6-10(7)14-15/h6H,1-5,15H3. The molecule has 0 saturated heterocycles. The molecule has 0 aliphatic rings. The summed E-state index contributed by atoms with van der Waals surface area (Å²) in [6.07, 6.45) is 0. The van der Waals surface area contributed by atoms with Gasteiger partial charge < -0.3 is 4.43 Å². The zero-order chi connectivity index (χ0) is 11.8. The van der Waals surface area contributed by atoms with Crippen LogP contribution in [-0.4, -0.2) is 10.5 Å². The third-order valence-electron chi connectivity index (χ3n) is 2.77. The molecule has 0 unspecified atom stereocenters. The summed E-state index contributed by atoms with van der Waals surface area (Å²) in [5.41, 5.74) is 4.14. The summed E-state index contributed by atoms with van der Waals surface area (Å²) in [6.45, 7) is 11.0. The third-order valence-corrected chi connectivity index (χ3v) is 3.84. The van der Waals surface area contributed by atoms with Gasteiger partial charge in [0.2, 0.25) is 10.5 Å². The van der Waals surface area contributed by atoms with E-state index in [1.807, 2.05) is 0 Å². The number of hydrogen-bond acceptors (Lipinski definition) is 1. The SMILES string of the molecule is Cc1c(O[SiH3])cc(Br)c(C(C)(C)C)c1C. The van der Waals surface area contributed by atoms with Crippen LogP contribution in [0.2, 0.25) is 0 Å². The van der Waals surface area contributed by atoms with Gasteiger partial charge in [0.1, 0.15) is 5.75 Å². The fraction of sp³-hybridized carbons (Fsp3) is 0.500. The van der Waals surface area contributed by atoms with Crippen molar-refractivity contribution in [3.8, 4) is 5.75 Å². The maximum absolute atomic E-state index is 5.48. The van der Waals surface area contributed by atoms with Crippen LogP contribution in [0.5, 0.6) is 5.75 Å². The minimum absolute atomic E-state index is 0.164. The molecule has 0 N–H and O–H groups in total. The van der Waals surface area contributed by atoms with E-state index in [0.29, 0.717) is 0 Å². The molecule has 0 aliphatic heterocycles. The Morgan fingerprint density at radius 2 is 1.73 bits per heavy atom. The molecule has 0 bridgehead atoms. The van der Waals surface area contributed by atoms with Gasteiger partial charge in [-0.15, -0.1) is 0 Å². The Morgan fingerprint density at radius 3 is 2.13 bits per heavy atom. The summed E-state index contributed by atoms with van der Waals surface area (Å²) < 4.78 is 6.64. The van der Waals surface area contributed by atoms with Gasteiger partial charge in [-0.05, 0) is 42.0 Å². The highest BCUT2D eigenvalue weighted by molar-refractivity contribution is 9.10. The van der Waals surface area contributed by atoms with E-state index in [1.165, 1.54) is 16.7 Å². The summed E-state index contributed by atoms with van der Waals surface area (Å²) in [6, 6.07) is 2.09. The van der Waals surface area contributed by atoms with Crippen LogP contribution in [0.15, 0.2) is 10.5 Å².